The molecule has 0 aromatic heterocycles. The number of nitrogens with one attached hydrogen (secondary N) is 1. The Labute approximate surface area is 142 Å². The first kappa shape index (κ1) is 19.7. The smallest absolute Gasteiger partial charge is 0.481 e. The number of hydrogen-bond acceptors (Lipinski definition) is 3. The van der Waals surface area contributed by atoms with Crippen LogP contribution in [0.1, 0.15) is 0 Å². The topological polar surface area (TPSA) is 78.9 Å². The van der Waals surface area contributed by atoms with E-state index in [2.05, 4.69) is 10.1 Å². The molecule has 6 nitrogen and oxygen atoms in total. The van der Waals surface area contributed by atoms with Gasteiger partial charge >= 0.3 is 24.5 Å². The maximum absolute atomic E-state index is 12.9. The fourth-order valence-corrected chi connectivity index (χ4v) is 2.53. The van der Waals surface area contributed by atoms with Crippen molar-refractivity contribution in [1.29, 1.82) is 0 Å². The van der Waals surface area contributed by atoms with Gasteiger partial charge in [0.1, 0.15) is 5.75 Å². The van der Waals surface area contributed by atoms with Gasteiger partial charge in [-0.1, -0.05) is 6.07 Å². The number of alkyl halides is 6. The number of halogens is 6. The highest BCUT2D eigenvalue weighted by atomic mass is 19.4. The first-order valence-corrected chi connectivity index (χ1v) is 7.08. The van der Waals surface area contributed by atoms with Crippen molar-refractivity contribution >= 4 is 17.7 Å². The molecule has 144 valence electrons. The number of urea groups is 1. The zero-order valence-electron chi connectivity index (χ0n) is 12.8. The molecular weight excluding hydrogens is 374 g/mol. The molecule has 0 saturated carbocycles. The van der Waals surface area contributed by atoms with Gasteiger partial charge in [-0.05, 0) is 12.1 Å². The van der Waals surface area contributed by atoms with Gasteiger partial charge in [0, 0.05) is 24.8 Å². The zero-order valence-corrected chi connectivity index (χ0v) is 12.8. The fourth-order valence-electron chi connectivity index (χ4n) is 2.53. The quantitative estimate of drug-likeness (QED) is 0.782. The molecule has 2 rings (SSSR count). The molecule has 26 heavy (non-hydrogen) atoms. The van der Waals surface area contributed by atoms with Crippen LogP contribution in [0, 0.1) is 11.8 Å². The van der Waals surface area contributed by atoms with E-state index in [1.54, 1.807) is 0 Å². The molecule has 1 heterocycles. The van der Waals surface area contributed by atoms with Crippen LogP contribution in [0.5, 0.6) is 5.75 Å². The van der Waals surface area contributed by atoms with Gasteiger partial charge in [-0.25, -0.2) is 4.79 Å². The first-order chi connectivity index (χ1) is 11.9. The van der Waals surface area contributed by atoms with Crippen molar-refractivity contribution < 1.29 is 45.8 Å². The summed E-state index contributed by atoms with van der Waals surface area (Å²) < 4.78 is 78.9. The van der Waals surface area contributed by atoms with E-state index in [-0.39, 0.29) is 5.69 Å². The molecule has 0 radical (unpaired) electrons. The largest absolute Gasteiger partial charge is 0.573 e. The van der Waals surface area contributed by atoms with E-state index >= 15 is 0 Å². The van der Waals surface area contributed by atoms with Gasteiger partial charge in [-0.2, -0.15) is 13.2 Å². The molecule has 1 aromatic rings. The molecule has 2 atom stereocenters. The van der Waals surface area contributed by atoms with E-state index < -0.39 is 55.2 Å². The normalized spacial score (nSPS) is 20.8. The number of carboxylic acids is 1. The Balaban J connectivity index is 2.09. The molecule has 12 heteroatoms. The standard InChI is InChI=1S/C14H12F6N2O4/c15-13(16,17)10-6-22(5-9(10)11(23)24)12(25)21-7-2-1-3-8(4-7)26-14(18,19)20/h1-4,9-10H,5-6H2,(H,21,25)(H,23,24)/t9-,10-/m1/s1. The van der Waals surface area contributed by atoms with Crippen molar-refractivity contribution in [2.45, 2.75) is 12.5 Å². The highest BCUT2D eigenvalue weighted by molar-refractivity contribution is 5.90. The third-order valence-electron chi connectivity index (χ3n) is 3.66. The van der Waals surface area contributed by atoms with Crippen LogP contribution >= 0.6 is 0 Å². The Morgan fingerprint density at radius 2 is 1.81 bits per heavy atom. The Morgan fingerprint density at radius 1 is 1.15 bits per heavy atom. The average Bonchev–Trinajstić information content (AvgIpc) is 2.91. The average molecular weight is 386 g/mol. The van der Waals surface area contributed by atoms with E-state index in [4.69, 9.17) is 5.11 Å². The van der Waals surface area contributed by atoms with Crippen LogP contribution < -0.4 is 10.1 Å². The van der Waals surface area contributed by atoms with Crippen LogP contribution in [0.3, 0.4) is 0 Å². The minimum Gasteiger partial charge on any atom is -0.481 e. The number of rotatable bonds is 3. The second kappa shape index (κ2) is 6.92. The molecule has 1 saturated heterocycles. The number of nitrogens with zero attached hydrogens (tertiary/aromatic N) is 1. The predicted molar refractivity (Wildman–Crippen MR) is 74.4 cm³/mol. The summed E-state index contributed by atoms with van der Waals surface area (Å²) in [7, 11) is 0. The van der Waals surface area contributed by atoms with E-state index in [9.17, 15) is 35.9 Å². The highest BCUT2D eigenvalue weighted by Gasteiger charge is 2.53. The Morgan fingerprint density at radius 3 is 2.31 bits per heavy atom. The third-order valence-corrected chi connectivity index (χ3v) is 3.66. The summed E-state index contributed by atoms with van der Waals surface area (Å²) in [5, 5.41) is 11.0. The molecule has 1 aromatic carbocycles. The second-order valence-corrected chi connectivity index (χ2v) is 5.50. The molecule has 0 unspecified atom stereocenters. The third kappa shape index (κ3) is 4.92. The number of ether oxygens (including phenoxy) is 1. The molecule has 1 fully saturated rings. The number of hydrogen-bond donors (Lipinski definition) is 2. The van der Waals surface area contributed by atoms with Crippen LogP contribution in [-0.4, -0.2) is 47.6 Å². The van der Waals surface area contributed by atoms with Crippen molar-refractivity contribution in [2.24, 2.45) is 11.8 Å². The molecular formula is C14H12F6N2O4. The summed E-state index contributed by atoms with van der Waals surface area (Å²) in [5.74, 6) is -6.37. The summed E-state index contributed by atoms with van der Waals surface area (Å²) in [6, 6.07) is 3.08. The number of carbonyl (C=O) groups is 2. The van der Waals surface area contributed by atoms with E-state index in [0.717, 1.165) is 18.2 Å². The maximum Gasteiger partial charge on any atom is 0.573 e. The number of likely N-dealkylation sites (tertiary alicyclic amines) is 1. The molecule has 0 aliphatic carbocycles. The Bertz CT molecular complexity index is 691. The number of amides is 2. The predicted octanol–water partition coefficient (Wildman–Crippen LogP) is 3.31. The van der Waals surface area contributed by atoms with E-state index in [1.165, 1.54) is 6.07 Å². The number of benzene rings is 1. The van der Waals surface area contributed by atoms with Crippen LogP contribution in [0.15, 0.2) is 24.3 Å². The van der Waals surface area contributed by atoms with Crippen molar-refractivity contribution in [3.05, 3.63) is 24.3 Å². The minimum absolute atomic E-state index is 0.154. The van der Waals surface area contributed by atoms with Crippen molar-refractivity contribution in [1.82, 2.24) is 4.90 Å². The first-order valence-electron chi connectivity index (χ1n) is 7.08. The summed E-state index contributed by atoms with van der Waals surface area (Å²) in [6.07, 6.45) is -9.76. The van der Waals surface area contributed by atoms with E-state index in [1.807, 2.05) is 0 Å². The number of aliphatic carboxylic acids is 1. The van der Waals surface area contributed by atoms with Crippen LogP contribution in [0.25, 0.3) is 0 Å². The van der Waals surface area contributed by atoms with Crippen LogP contribution in [0.2, 0.25) is 0 Å². The van der Waals surface area contributed by atoms with Gasteiger partial charge in [-0.15, -0.1) is 13.2 Å². The lowest BCUT2D eigenvalue weighted by atomic mass is 9.96. The summed E-state index contributed by atoms with van der Waals surface area (Å²) in [5.41, 5.74) is -0.154. The van der Waals surface area contributed by atoms with Gasteiger partial charge in [0.2, 0.25) is 0 Å². The van der Waals surface area contributed by atoms with Gasteiger partial charge < -0.3 is 20.1 Å². The molecule has 1 aliphatic heterocycles. The Kier molecular flexibility index (Phi) is 5.23. The maximum atomic E-state index is 12.9. The minimum atomic E-state index is -4.95. The lowest BCUT2D eigenvalue weighted by Gasteiger charge is -2.19. The number of carboxylic acid groups (broad SMARTS) is 1. The number of anilines is 1. The van der Waals surface area contributed by atoms with Crippen molar-refractivity contribution in [2.75, 3.05) is 18.4 Å². The van der Waals surface area contributed by atoms with Gasteiger partial charge in [0.15, 0.2) is 0 Å². The Hall–Kier alpha value is -2.66. The summed E-state index contributed by atoms with van der Waals surface area (Å²) in [4.78, 5) is 23.7. The zero-order chi connectivity index (χ0) is 19.7. The highest BCUT2D eigenvalue weighted by Crippen LogP contribution is 2.38. The molecule has 2 amide bonds. The lowest BCUT2D eigenvalue weighted by molar-refractivity contribution is -0.274. The molecule has 0 spiro atoms. The molecule has 2 N–H and O–H groups in total. The van der Waals surface area contributed by atoms with Gasteiger partial charge in [0.05, 0.1) is 11.8 Å². The summed E-state index contributed by atoms with van der Waals surface area (Å²) in [6.45, 7) is -1.55. The van der Waals surface area contributed by atoms with Gasteiger partial charge in [0.25, 0.3) is 0 Å². The van der Waals surface area contributed by atoms with Crippen LogP contribution in [0.4, 0.5) is 36.8 Å². The number of carbonyl (C=O) groups excluding carboxylic acids is 1. The second-order valence-electron chi connectivity index (χ2n) is 5.50. The fraction of sp³-hybridized carbons (Fsp3) is 0.429. The molecule has 0 bridgehead atoms. The lowest BCUT2D eigenvalue weighted by Crippen LogP contribution is -2.35. The van der Waals surface area contributed by atoms with Gasteiger partial charge in [-0.3, -0.25) is 4.79 Å². The van der Waals surface area contributed by atoms with Crippen molar-refractivity contribution in [3.8, 4) is 5.75 Å². The SMILES string of the molecule is O=C(O)[C@@H]1CN(C(=O)Nc2cccc(OC(F)(F)F)c2)C[C@H]1C(F)(F)F. The van der Waals surface area contributed by atoms with Crippen molar-refractivity contribution in [3.63, 3.8) is 0 Å². The van der Waals surface area contributed by atoms with Crippen LogP contribution in [-0.2, 0) is 4.79 Å². The molecule has 1 aliphatic rings. The summed E-state index contributed by atoms with van der Waals surface area (Å²) >= 11 is 0. The monoisotopic (exact) mass is 386 g/mol. The van der Waals surface area contributed by atoms with E-state index in [0.29, 0.717) is 4.90 Å².